The minimum atomic E-state index is -0.565. The smallest absolute Gasteiger partial charge is 0.123 e. The lowest BCUT2D eigenvalue weighted by atomic mass is 10.1. The average Bonchev–Trinajstić information content (AvgIpc) is 2.82. The third kappa shape index (κ3) is 4.56. The molecule has 2 rings (SSSR count). The highest BCUT2D eigenvalue weighted by Gasteiger charge is 2.10. The van der Waals surface area contributed by atoms with Crippen LogP contribution in [0.15, 0.2) is 36.4 Å². The van der Waals surface area contributed by atoms with Crippen molar-refractivity contribution in [2.45, 2.75) is 19.1 Å². The summed E-state index contributed by atoms with van der Waals surface area (Å²) < 4.78 is 13.6. The molecule has 0 aliphatic heterocycles. The second kappa shape index (κ2) is 7.18. The average molecular weight is 314 g/mol. The van der Waals surface area contributed by atoms with Crippen molar-refractivity contribution in [1.29, 1.82) is 0 Å². The van der Waals surface area contributed by atoms with Crippen LogP contribution in [-0.4, -0.2) is 23.6 Å². The number of thiophene rings is 1. The summed E-state index contributed by atoms with van der Waals surface area (Å²) in [5.41, 5.74) is 0.749. The summed E-state index contributed by atoms with van der Waals surface area (Å²) >= 11 is 7.46. The first kappa shape index (κ1) is 15.4. The van der Waals surface area contributed by atoms with Crippen LogP contribution in [0.3, 0.4) is 0 Å². The molecule has 0 fully saturated rings. The van der Waals surface area contributed by atoms with Gasteiger partial charge in [0.25, 0.3) is 0 Å². The Labute approximate surface area is 127 Å². The zero-order chi connectivity index (χ0) is 14.5. The molecule has 20 heavy (non-hydrogen) atoms. The number of halogens is 2. The van der Waals surface area contributed by atoms with Gasteiger partial charge in [0.1, 0.15) is 5.82 Å². The van der Waals surface area contributed by atoms with Crippen LogP contribution in [0.5, 0.6) is 0 Å². The molecule has 0 aliphatic rings. The second-order valence-corrected chi connectivity index (χ2v) is 6.60. The van der Waals surface area contributed by atoms with Gasteiger partial charge in [-0.05, 0) is 43.3 Å². The highest BCUT2D eigenvalue weighted by atomic mass is 35.5. The molecule has 2 aromatic rings. The molecule has 0 aliphatic carbocycles. The van der Waals surface area contributed by atoms with Crippen LogP contribution in [0, 0.1) is 5.82 Å². The van der Waals surface area contributed by atoms with Crippen molar-refractivity contribution in [3.05, 3.63) is 57.0 Å². The number of hydrogen-bond donors (Lipinski definition) is 1. The van der Waals surface area contributed by atoms with Crippen LogP contribution < -0.4 is 0 Å². The van der Waals surface area contributed by atoms with Crippen LogP contribution in [0.1, 0.15) is 23.0 Å². The predicted molar refractivity (Wildman–Crippen MR) is 81.6 cm³/mol. The van der Waals surface area contributed by atoms with Crippen LogP contribution in [-0.2, 0) is 6.54 Å². The molecule has 2 nitrogen and oxygen atoms in total. The van der Waals surface area contributed by atoms with Crippen LogP contribution in [0.4, 0.5) is 4.39 Å². The van der Waals surface area contributed by atoms with Crippen molar-refractivity contribution in [2.24, 2.45) is 0 Å². The van der Waals surface area contributed by atoms with Gasteiger partial charge < -0.3 is 10.0 Å². The van der Waals surface area contributed by atoms with E-state index >= 15 is 0 Å². The summed E-state index contributed by atoms with van der Waals surface area (Å²) in [6, 6.07) is 9.90. The Kier molecular flexibility index (Phi) is 5.54. The Hall–Kier alpha value is -0.940. The van der Waals surface area contributed by atoms with Crippen molar-refractivity contribution >= 4 is 22.9 Å². The molecule has 1 N–H and O–H groups in total. The Morgan fingerprint density at radius 3 is 2.55 bits per heavy atom. The lowest BCUT2D eigenvalue weighted by Crippen LogP contribution is -2.20. The van der Waals surface area contributed by atoms with E-state index in [0.717, 1.165) is 23.0 Å². The fraction of sp³-hybridized carbons (Fsp3) is 0.333. The van der Waals surface area contributed by atoms with Gasteiger partial charge in [0, 0.05) is 18.0 Å². The molecular formula is C15H17ClFNOS. The van der Waals surface area contributed by atoms with Gasteiger partial charge in [0.2, 0.25) is 0 Å². The fourth-order valence-corrected chi connectivity index (χ4v) is 3.14. The minimum absolute atomic E-state index is 0.285. The van der Waals surface area contributed by atoms with E-state index in [4.69, 9.17) is 11.6 Å². The van der Waals surface area contributed by atoms with E-state index in [1.54, 1.807) is 23.5 Å². The third-order valence-corrected chi connectivity index (χ3v) is 4.31. The maximum absolute atomic E-state index is 12.8. The number of aliphatic hydroxyl groups is 1. The quantitative estimate of drug-likeness (QED) is 0.868. The maximum atomic E-state index is 12.8. The number of rotatable bonds is 6. The first-order valence-corrected chi connectivity index (χ1v) is 7.60. The summed E-state index contributed by atoms with van der Waals surface area (Å²) in [5, 5.41) is 10.1. The molecule has 0 spiro atoms. The van der Waals surface area contributed by atoms with Crippen LogP contribution >= 0.6 is 22.9 Å². The zero-order valence-electron chi connectivity index (χ0n) is 11.2. The molecule has 5 heteroatoms. The van der Waals surface area contributed by atoms with Gasteiger partial charge in [-0.1, -0.05) is 23.7 Å². The van der Waals surface area contributed by atoms with E-state index in [-0.39, 0.29) is 5.82 Å². The Balaban J connectivity index is 1.80. The van der Waals surface area contributed by atoms with E-state index in [2.05, 4.69) is 4.90 Å². The molecule has 0 bridgehead atoms. The van der Waals surface area contributed by atoms with E-state index in [1.807, 2.05) is 19.2 Å². The second-order valence-electron chi connectivity index (χ2n) is 4.80. The molecule has 0 radical (unpaired) electrons. The van der Waals surface area contributed by atoms with Crippen LogP contribution in [0.2, 0.25) is 4.34 Å². The Bertz CT molecular complexity index is 543. The van der Waals surface area contributed by atoms with Crippen molar-refractivity contribution in [3.8, 4) is 0 Å². The topological polar surface area (TPSA) is 23.5 Å². The fourth-order valence-electron chi connectivity index (χ4n) is 1.98. The summed E-state index contributed by atoms with van der Waals surface area (Å²) in [7, 11) is 2.00. The monoisotopic (exact) mass is 313 g/mol. The minimum Gasteiger partial charge on any atom is -0.388 e. The highest BCUT2D eigenvalue weighted by molar-refractivity contribution is 7.16. The SMILES string of the molecule is CN(CCC(O)c1ccc(F)cc1)Cc1ccc(Cl)s1. The first-order chi connectivity index (χ1) is 9.54. The first-order valence-electron chi connectivity index (χ1n) is 6.41. The molecule has 1 atom stereocenters. The summed E-state index contributed by atoms with van der Waals surface area (Å²) in [5.74, 6) is -0.285. The summed E-state index contributed by atoms with van der Waals surface area (Å²) in [6.45, 7) is 1.57. The van der Waals surface area contributed by atoms with Crippen molar-refractivity contribution < 1.29 is 9.50 Å². The standard InChI is InChI=1S/C15H17ClFNOS/c1-18(10-13-6-7-15(16)20-13)9-8-14(19)11-2-4-12(17)5-3-11/h2-7,14,19H,8-10H2,1H3. The third-order valence-electron chi connectivity index (χ3n) is 3.09. The normalized spacial score (nSPS) is 12.8. The van der Waals surface area contributed by atoms with Crippen LogP contribution in [0.25, 0.3) is 0 Å². The predicted octanol–water partition coefficient (Wildman–Crippen LogP) is 4.10. The van der Waals surface area contributed by atoms with Gasteiger partial charge >= 0.3 is 0 Å². The molecule has 1 aromatic heterocycles. The number of nitrogens with zero attached hydrogens (tertiary/aromatic N) is 1. The van der Waals surface area contributed by atoms with Crippen molar-refractivity contribution in [2.75, 3.05) is 13.6 Å². The summed E-state index contributed by atoms with van der Waals surface area (Å²) in [6.07, 6.45) is 0.0475. The van der Waals surface area contributed by atoms with Gasteiger partial charge in [-0.2, -0.15) is 0 Å². The highest BCUT2D eigenvalue weighted by Crippen LogP contribution is 2.23. The maximum Gasteiger partial charge on any atom is 0.123 e. The molecule has 0 amide bonds. The molecule has 1 unspecified atom stereocenters. The molecule has 0 saturated carbocycles. The van der Waals surface area contributed by atoms with E-state index in [0.29, 0.717) is 6.42 Å². The number of benzene rings is 1. The lowest BCUT2D eigenvalue weighted by Gasteiger charge is -2.18. The van der Waals surface area contributed by atoms with Gasteiger partial charge in [-0.15, -0.1) is 11.3 Å². The largest absolute Gasteiger partial charge is 0.388 e. The molecular weight excluding hydrogens is 297 g/mol. The van der Waals surface area contributed by atoms with E-state index < -0.39 is 6.10 Å². The van der Waals surface area contributed by atoms with Gasteiger partial charge in [0.05, 0.1) is 10.4 Å². The number of hydrogen-bond acceptors (Lipinski definition) is 3. The van der Waals surface area contributed by atoms with Gasteiger partial charge in [0.15, 0.2) is 0 Å². The Morgan fingerprint density at radius 1 is 1.25 bits per heavy atom. The van der Waals surface area contributed by atoms with E-state index in [1.165, 1.54) is 17.0 Å². The van der Waals surface area contributed by atoms with Crippen molar-refractivity contribution in [1.82, 2.24) is 4.90 Å². The molecule has 1 heterocycles. The van der Waals surface area contributed by atoms with Gasteiger partial charge in [-0.25, -0.2) is 4.39 Å². The zero-order valence-corrected chi connectivity index (χ0v) is 12.8. The Morgan fingerprint density at radius 2 is 1.95 bits per heavy atom. The van der Waals surface area contributed by atoms with E-state index in [9.17, 15) is 9.50 Å². The molecule has 108 valence electrons. The summed E-state index contributed by atoms with van der Waals surface area (Å²) in [4.78, 5) is 3.34. The molecule has 0 saturated heterocycles. The lowest BCUT2D eigenvalue weighted by molar-refractivity contribution is 0.148. The molecule has 1 aromatic carbocycles. The number of aliphatic hydroxyl groups excluding tert-OH is 1. The van der Waals surface area contributed by atoms with Gasteiger partial charge in [-0.3, -0.25) is 0 Å². The van der Waals surface area contributed by atoms with Crippen molar-refractivity contribution in [3.63, 3.8) is 0 Å².